The third kappa shape index (κ3) is 7.16. The summed E-state index contributed by atoms with van der Waals surface area (Å²) in [5, 5.41) is 2.19. The van der Waals surface area contributed by atoms with Gasteiger partial charge >= 0.3 is 12.1 Å². The number of esters is 1. The lowest BCUT2D eigenvalue weighted by Gasteiger charge is -2.18. The molecule has 0 bridgehead atoms. The van der Waals surface area contributed by atoms with E-state index in [9.17, 15) is 27.6 Å². The van der Waals surface area contributed by atoms with Crippen molar-refractivity contribution < 1.29 is 32.3 Å². The van der Waals surface area contributed by atoms with Crippen molar-refractivity contribution in [3.8, 4) is 0 Å². The van der Waals surface area contributed by atoms with E-state index in [4.69, 9.17) is 16.3 Å². The number of hydrogen-bond donors (Lipinski definition) is 1. The zero-order chi connectivity index (χ0) is 25.6. The molecule has 3 aromatic rings. The first-order chi connectivity index (χ1) is 16.5. The van der Waals surface area contributed by atoms with Crippen LogP contribution in [0.5, 0.6) is 0 Å². The quantitative estimate of drug-likeness (QED) is 0.279. The molecule has 35 heavy (non-hydrogen) atoms. The molecule has 1 amide bonds. The standard InChI is InChI=1S/C26H21ClF3NO4/c1-16-7-9-17(10-8-16)24(34)25(18-5-3-2-4-6-18)35-23(33)14-13-22(32)31-21-15-19(26(28,29)30)11-12-20(21)27/h2-12,15,25H,13-14H2,1H3,(H,31,32)/t25-/m0/s1. The second-order valence-corrected chi connectivity index (χ2v) is 8.16. The summed E-state index contributed by atoms with van der Waals surface area (Å²) in [5.41, 5.74) is 0.580. The van der Waals surface area contributed by atoms with Crippen LogP contribution in [0.1, 0.15) is 46.0 Å². The smallest absolute Gasteiger partial charge is 0.416 e. The molecule has 0 saturated carbocycles. The number of anilines is 1. The van der Waals surface area contributed by atoms with Crippen LogP contribution in [0.4, 0.5) is 18.9 Å². The second-order valence-electron chi connectivity index (χ2n) is 7.75. The SMILES string of the molecule is Cc1ccc(C(=O)[C@@H](OC(=O)CCC(=O)Nc2cc(C(F)(F)F)ccc2Cl)c2ccccc2)cc1. The third-order valence-electron chi connectivity index (χ3n) is 5.05. The Labute approximate surface area is 204 Å². The van der Waals surface area contributed by atoms with Gasteiger partial charge in [0.05, 0.1) is 22.7 Å². The van der Waals surface area contributed by atoms with Crippen molar-refractivity contribution >= 4 is 34.9 Å². The summed E-state index contributed by atoms with van der Waals surface area (Å²) in [6.07, 6.45) is -6.60. The average molecular weight is 504 g/mol. The summed E-state index contributed by atoms with van der Waals surface area (Å²) in [5.74, 6) is -1.97. The molecule has 0 unspecified atom stereocenters. The van der Waals surface area contributed by atoms with Gasteiger partial charge in [-0.1, -0.05) is 71.8 Å². The largest absolute Gasteiger partial charge is 0.449 e. The molecular formula is C26H21ClF3NO4. The molecule has 0 aliphatic rings. The molecule has 0 fully saturated rings. The Balaban J connectivity index is 1.66. The predicted molar refractivity (Wildman–Crippen MR) is 125 cm³/mol. The maximum Gasteiger partial charge on any atom is 0.416 e. The maximum absolute atomic E-state index is 13.1. The first-order valence-corrected chi connectivity index (χ1v) is 10.9. The van der Waals surface area contributed by atoms with Gasteiger partial charge in [-0.25, -0.2) is 0 Å². The zero-order valence-electron chi connectivity index (χ0n) is 18.6. The van der Waals surface area contributed by atoms with Gasteiger partial charge < -0.3 is 10.1 Å². The van der Waals surface area contributed by atoms with Gasteiger partial charge in [0.2, 0.25) is 11.7 Å². The Morgan fingerprint density at radius 2 is 1.60 bits per heavy atom. The number of benzene rings is 3. The fourth-order valence-corrected chi connectivity index (χ4v) is 3.35. The van der Waals surface area contributed by atoms with E-state index in [1.165, 1.54) is 0 Å². The number of rotatable bonds is 8. The number of ketones is 1. The number of aryl methyl sites for hydroxylation is 1. The van der Waals surface area contributed by atoms with E-state index in [-0.39, 0.29) is 17.1 Å². The van der Waals surface area contributed by atoms with Gasteiger partial charge in [0.15, 0.2) is 6.10 Å². The molecule has 0 aliphatic carbocycles. The fourth-order valence-electron chi connectivity index (χ4n) is 3.19. The molecule has 3 aromatic carbocycles. The van der Waals surface area contributed by atoms with Crippen LogP contribution >= 0.6 is 11.6 Å². The molecule has 0 spiro atoms. The van der Waals surface area contributed by atoms with Crippen molar-refractivity contribution in [2.45, 2.75) is 32.0 Å². The van der Waals surface area contributed by atoms with E-state index in [2.05, 4.69) is 5.32 Å². The summed E-state index contributed by atoms with van der Waals surface area (Å²) in [4.78, 5) is 37.8. The normalized spacial score (nSPS) is 12.0. The summed E-state index contributed by atoms with van der Waals surface area (Å²) in [6, 6.07) is 17.8. The molecule has 182 valence electrons. The van der Waals surface area contributed by atoms with Gasteiger partial charge in [0.25, 0.3) is 0 Å². The van der Waals surface area contributed by atoms with Gasteiger partial charge in [-0.05, 0) is 25.1 Å². The number of Topliss-reactive ketones (excluding diaryl/α,β-unsaturated/α-hetero) is 1. The van der Waals surface area contributed by atoms with Crippen molar-refractivity contribution in [2.75, 3.05) is 5.32 Å². The zero-order valence-corrected chi connectivity index (χ0v) is 19.3. The number of carbonyl (C=O) groups is 3. The molecule has 0 saturated heterocycles. The Hall–Kier alpha value is -3.65. The summed E-state index contributed by atoms with van der Waals surface area (Å²) >= 11 is 5.88. The van der Waals surface area contributed by atoms with Gasteiger partial charge in [-0.3, -0.25) is 14.4 Å². The second kappa shape index (κ2) is 11.2. The summed E-state index contributed by atoms with van der Waals surface area (Å²) < 4.78 is 44.2. The van der Waals surface area contributed by atoms with Gasteiger partial charge in [-0.2, -0.15) is 13.2 Å². The van der Waals surface area contributed by atoms with E-state index >= 15 is 0 Å². The Morgan fingerprint density at radius 1 is 0.943 bits per heavy atom. The monoisotopic (exact) mass is 503 g/mol. The number of ether oxygens (including phenoxy) is 1. The highest BCUT2D eigenvalue weighted by Crippen LogP contribution is 2.34. The minimum Gasteiger partial charge on any atom is -0.449 e. The van der Waals surface area contributed by atoms with Crippen LogP contribution in [0.15, 0.2) is 72.8 Å². The number of amides is 1. The summed E-state index contributed by atoms with van der Waals surface area (Å²) in [7, 11) is 0. The number of alkyl halides is 3. The Bertz CT molecular complexity index is 1210. The molecule has 3 rings (SSSR count). The van der Waals surface area contributed by atoms with Crippen LogP contribution in [-0.2, 0) is 20.5 Å². The Kier molecular flexibility index (Phi) is 8.30. The Morgan fingerprint density at radius 3 is 2.23 bits per heavy atom. The molecule has 0 heterocycles. The molecule has 1 N–H and O–H groups in total. The first-order valence-electron chi connectivity index (χ1n) is 10.6. The van der Waals surface area contributed by atoms with Crippen LogP contribution in [0, 0.1) is 6.92 Å². The van der Waals surface area contributed by atoms with E-state index in [1.807, 2.05) is 6.92 Å². The van der Waals surface area contributed by atoms with Crippen molar-refractivity contribution in [3.05, 3.63) is 100 Å². The molecular weight excluding hydrogens is 483 g/mol. The molecule has 0 aromatic heterocycles. The molecule has 0 aliphatic heterocycles. The predicted octanol–water partition coefficient (Wildman–Crippen LogP) is 6.55. The van der Waals surface area contributed by atoms with Gasteiger partial charge in [0, 0.05) is 17.5 Å². The molecule has 0 radical (unpaired) electrons. The highest BCUT2D eigenvalue weighted by Gasteiger charge is 2.31. The van der Waals surface area contributed by atoms with Crippen LogP contribution in [0.25, 0.3) is 0 Å². The van der Waals surface area contributed by atoms with Crippen molar-refractivity contribution in [1.29, 1.82) is 0 Å². The number of carbonyl (C=O) groups excluding carboxylic acids is 3. The van der Waals surface area contributed by atoms with Gasteiger partial charge in [0.1, 0.15) is 0 Å². The van der Waals surface area contributed by atoms with Gasteiger partial charge in [-0.15, -0.1) is 0 Å². The minimum absolute atomic E-state index is 0.0817. The van der Waals surface area contributed by atoms with Crippen LogP contribution in [0.3, 0.4) is 0 Å². The maximum atomic E-state index is 13.1. The number of nitrogens with one attached hydrogen (secondary N) is 1. The van der Waals surface area contributed by atoms with Crippen LogP contribution < -0.4 is 5.32 Å². The molecule has 1 atom stereocenters. The molecule has 9 heteroatoms. The first kappa shape index (κ1) is 26.0. The van der Waals surface area contributed by atoms with Crippen molar-refractivity contribution in [2.24, 2.45) is 0 Å². The van der Waals surface area contributed by atoms with E-state index in [0.717, 1.165) is 17.7 Å². The van der Waals surface area contributed by atoms with Crippen molar-refractivity contribution in [3.63, 3.8) is 0 Å². The van der Waals surface area contributed by atoms with E-state index < -0.39 is 41.9 Å². The van der Waals surface area contributed by atoms with E-state index in [1.54, 1.807) is 54.6 Å². The minimum atomic E-state index is -4.61. The lowest BCUT2D eigenvalue weighted by molar-refractivity contribution is -0.148. The third-order valence-corrected chi connectivity index (χ3v) is 5.38. The lowest BCUT2D eigenvalue weighted by atomic mass is 9.99. The number of hydrogen-bond acceptors (Lipinski definition) is 4. The van der Waals surface area contributed by atoms with Crippen LogP contribution in [-0.4, -0.2) is 17.7 Å². The van der Waals surface area contributed by atoms with E-state index in [0.29, 0.717) is 17.2 Å². The highest BCUT2D eigenvalue weighted by molar-refractivity contribution is 6.33. The summed E-state index contributed by atoms with van der Waals surface area (Å²) in [6.45, 7) is 1.88. The lowest BCUT2D eigenvalue weighted by Crippen LogP contribution is -2.21. The van der Waals surface area contributed by atoms with Crippen molar-refractivity contribution in [1.82, 2.24) is 0 Å². The topological polar surface area (TPSA) is 72.5 Å². The number of halogens is 4. The highest BCUT2D eigenvalue weighted by atomic mass is 35.5. The average Bonchev–Trinajstić information content (AvgIpc) is 2.82. The van der Waals surface area contributed by atoms with Crippen LogP contribution in [0.2, 0.25) is 5.02 Å². The molecule has 5 nitrogen and oxygen atoms in total. The fraction of sp³-hybridized carbons (Fsp3) is 0.192.